The molecule has 24 heavy (non-hydrogen) atoms. The smallest absolute Gasteiger partial charge is 0.164 e. The van der Waals surface area contributed by atoms with Gasteiger partial charge in [-0.05, 0) is 18.2 Å². The molecule has 0 amide bonds. The summed E-state index contributed by atoms with van der Waals surface area (Å²) in [6.45, 7) is 0. The number of nitrogens with zero attached hydrogens (tertiary/aromatic N) is 3. The molecule has 0 saturated carbocycles. The van der Waals surface area contributed by atoms with E-state index >= 15 is 0 Å². The number of hydrogen-bond donors (Lipinski definition) is 0. The van der Waals surface area contributed by atoms with Crippen LogP contribution in [-0.2, 0) is 0 Å². The third-order valence-corrected chi connectivity index (χ3v) is 4.37. The Morgan fingerprint density at radius 3 is 2.33 bits per heavy atom. The van der Waals surface area contributed by atoms with Crippen molar-refractivity contribution < 1.29 is 4.39 Å². The summed E-state index contributed by atoms with van der Waals surface area (Å²) in [7, 11) is 3.71. The fraction of sp³-hybridized carbons (Fsp3) is 0.111. The molecule has 3 rings (SSSR count). The van der Waals surface area contributed by atoms with Gasteiger partial charge in [0.15, 0.2) is 5.82 Å². The predicted octanol–water partition coefficient (Wildman–Crippen LogP) is 5.32. The molecule has 6 heteroatoms. The SMILES string of the molecule is CN(C)c1nc(-c2ccccc2F)ncc1-c1cccc(Cl)c1Cl. The van der Waals surface area contributed by atoms with Crippen LogP contribution in [-0.4, -0.2) is 24.1 Å². The van der Waals surface area contributed by atoms with Gasteiger partial charge in [0.2, 0.25) is 0 Å². The Labute approximate surface area is 149 Å². The van der Waals surface area contributed by atoms with Crippen LogP contribution in [0.25, 0.3) is 22.5 Å². The monoisotopic (exact) mass is 361 g/mol. The molecule has 1 heterocycles. The lowest BCUT2D eigenvalue weighted by atomic mass is 10.1. The molecular formula is C18H14Cl2FN3. The molecule has 2 aromatic carbocycles. The van der Waals surface area contributed by atoms with Gasteiger partial charge in [-0.1, -0.05) is 47.5 Å². The summed E-state index contributed by atoms with van der Waals surface area (Å²) in [5.41, 5.74) is 1.81. The van der Waals surface area contributed by atoms with Gasteiger partial charge in [-0.25, -0.2) is 14.4 Å². The normalized spacial score (nSPS) is 10.7. The number of anilines is 1. The molecule has 0 atom stereocenters. The Hall–Kier alpha value is -2.17. The molecule has 3 aromatic rings. The van der Waals surface area contributed by atoms with Crippen LogP contribution in [0.3, 0.4) is 0 Å². The van der Waals surface area contributed by atoms with Crippen molar-refractivity contribution >= 4 is 29.0 Å². The third kappa shape index (κ3) is 3.07. The molecule has 122 valence electrons. The lowest BCUT2D eigenvalue weighted by Crippen LogP contribution is -2.13. The van der Waals surface area contributed by atoms with E-state index in [-0.39, 0.29) is 5.82 Å². The molecule has 0 fully saturated rings. The van der Waals surface area contributed by atoms with Crippen molar-refractivity contribution in [1.29, 1.82) is 0 Å². The molecule has 0 aliphatic rings. The first-order valence-electron chi connectivity index (χ1n) is 7.22. The lowest BCUT2D eigenvalue weighted by molar-refractivity contribution is 0.630. The first-order valence-corrected chi connectivity index (χ1v) is 7.98. The highest BCUT2D eigenvalue weighted by atomic mass is 35.5. The summed E-state index contributed by atoms with van der Waals surface area (Å²) in [5, 5.41) is 0.890. The van der Waals surface area contributed by atoms with Crippen LogP contribution in [0.15, 0.2) is 48.7 Å². The van der Waals surface area contributed by atoms with Crippen molar-refractivity contribution in [3.8, 4) is 22.5 Å². The average molecular weight is 362 g/mol. The Morgan fingerprint density at radius 2 is 1.62 bits per heavy atom. The van der Waals surface area contributed by atoms with E-state index in [0.29, 0.717) is 27.3 Å². The third-order valence-electron chi connectivity index (χ3n) is 3.55. The van der Waals surface area contributed by atoms with Crippen molar-refractivity contribution in [1.82, 2.24) is 9.97 Å². The van der Waals surface area contributed by atoms with Crippen molar-refractivity contribution in [3.63, 3.8) is 0 Å². The van der Waals surface area contributed by atoms with Gasteiger partial charge in [-0.15, -0.1) is 0 Å². The summed E-state index contributed by atoms with van der Waals surface area (Å²) in [4.78, 5) is 10.7. The van der Waals surface area contributed by atoms with E-state index in [0.717, 1.165) is 11.1 Å². The summed E-state index contributed by atoms with van der Waals surface area (Å²) < 4.78 is 14.0. The van der Waals surface area contributed by atoms with E-state index in [1.54, 1.807) is 30.5 Å². The highest BCUT2D eigenvalue weighted by Gasteiger charge is 2.17. The molecule has 0 aliphatic heterocycles. The van der Waals surface area contributed by atoms with Gasteiger partial charge in [0, 0.05) is 31.4 Å². The first kappa shape index (κ1) is 16.7. The number of benzene rings is 2. The maximum Gasteiger partial charge on any atom is 0.164 e. The zero-order chi connectivity index (χ0) is 17.3. The molecular weight excluding hydrogens is 348 g/mol. The van der Waals surface area contributed by atoms with Gasteiger partial charge in [-0.3, -0.25) is 0 Å². The molecule has 0 saturated heterocycles. The predicted molar refractivity (Wildman–Crippen MR) is 97.2 cm³/mol. The molecule has 0 bridgehead atoms. The summed E-state index contributed by atoms with van der Waals surface area (Å²) in [6, 6.07) is 11.8. The second-order valence-corrected chi connectivity index (χ2v) is 6.19. The number of hydrogen-bond acceptors (Lipinski definition) is 3. The van der Waals surface area contributed by atoms with E-state index < -0.39 is 0 Å². The Bertz CT molecular complexity index is 897. The number of aromatic nitrogens is 2. The Balaban J connectivity index is 2.19. The standard InChI is InChI=1S/C18H14Cl2FN3/c1-24(2)18-13(11-7-5-8-14(19)16(11)20)10-22-17(23-18)12-6-3-4-9-15(12)21/h3-10H,1-2H3. The number of halogens is 3. The largest absolute Gasteiger partial charge is 0.362 e. The fourth-order valence-electron chi connectivity index (χ4n) is 2.39. The van der Waals surface area contributed by atoms with Gasteiger partial charge in [0.05, 0.1) is 15.6 Å². The van der Waals surface area contributed by atoms with Crippen molar-refractivity contribution in [2.45, 2.75) is 0 Å². The Morgan fingerprint density at radius 1 is 0.917 bits per heavy atom. The van der Waals surface area contributed by atoms with Crippen LogP contribution in [0.5, 0.6) is 0 Å². The van der Waals surface area contributed by atoms with Gasteiger partial charge in [0.25, 0.3) is 0 Å². The maximum absolute atomic E-state index is 14.0. The molecule has 0 radical (unpaired) electrons. The second-order valence-electron chi connectivity index (χ2n) is 5.41. The van der Waals surface area contributed by atoms with Crippen molar-refractivity contribution in [2.75, 3.05) is 19.0 Å². The van der Waals surface area contributed by atoms with Crippen LogP contribution in [0.2, 0.25) is 10.0 Å². The average Bonchev–Trinajstić information content (AvgIpc) is 2.57. The van der Waals surface area contributed by atoms with Crippen molar-refractivity contribution in [3.05, 3.63) is 64.5 Å². The van der Waals surface area contributed by atoms with Gasteiger partial charge in [-0.2, -0.15) is 0 Å². The van der Waals surface area contributed by atoms with Crippen molar-refractivity contribution in [2.24, 2.45) is 0 Å². The van der Waals surface area contributed by atoms with Gasteiger partial charge in [0.1, 0.15) is 11.6 Å². The van der Waals surface area contributed by atoms with Crippen LogP contribution in [0, 0.1) is 5.82 Å². The van der Waals surface area contributed by atoms with Crippen LogP contribution < -0.4 is 4.90 Å². The first-order chi connectivity index (χ1) is 11.5. The van der Waals surface area contributed by atoms with E-state index in [1.807, 2.05) is 31.1 Å². The Kier molecular flexibility index (Phi) is 4.69. The minimum absolute atomic E-state index is 0.318. The maximum atomic E-state index is 14.0. The molecule has 0 N–H and O–H groups in total. The van der Waals surface area contributed by atoms with E-state index in [4.69, 9.17) is 23.2 Å². The minimum Gasteiger partial charge on any atom is -0.362 e. The molecule has 0 spiro atoms. The highest BCUT2D eigenvalue weighted by molar-refractivity contribution is 6.43. The fourth-order valence-corrected chi connectivity index (χ4v) is 2.79. The molecule has 0 unspecified atom stereocenters. The zero-order valence-corrected chi connectivity index (χ0v) is 14.6. The summed E-state index contributed by atoms with van der Waals surface area (Å²) in [5.74, 6) is 0.585. The van der Waals surface area contributed by atoms with E-state index in [9.17, 15) is 4.39 Å². The summed E-state index contributed by atoms with van der Waals surface area (Å²) >= 11 is 12.4. The molecule has 1 aromatic heterocycles. The van der Waals surface area contributed by atoms with Crippen LogP contribution in [0.1, 0.15) is 0 Å². The quantitative estimate of drug-likeness (QED) is 0.631. The summed E-state index contributed by atoms with van der Waals surface area (Å²) in [6.07, 6.45) is 1.64. The van der Waals surface area contributed by atoms with Gasteiger partial charge < -0.3 is 4.90 Å². The topological polar surface area (TPSA) is 29.0 Å². The molecule has 3 nitrogen and oxygen atoms in total. The van der Waals surface area contributed by atoms with E-state index in [2.05, 4.69) is 9.97 Å². The van der Waals surface area contributed by atoms with Gasteiger partial charge >= 0.3 is 0 Å². The van der Waals surface area contributed by atoms with E-state index in [1.165, 1.54) is 6.07 Å². The minimum atomic E-state index is -0.365. The van der Waals surface area contributed by atoms with Crippen LogP contribution in [0.4, 0.5) is 10.2 Å². The lowest BCUT2D eigenvalue weighted by Gasteiger charge is -2.18. The van der Waals surface area contributed by atoms with Crippen LogP contribution >= 0.6 is 23.2 Å². The highest BCUT2D eigenvalue weighted by Crippen LogP contribution is 2.37. The zero-order valence-electron chi connectivity index (χ0n) is 13.1. The molecule has 0 aliphatic carbocycles. The number of rotatable bonds is 3. The second kappa shape index (κ2) is 6.75.